The summed E-state index contributed by atoms with van der Waals surface area (Å²) in [4.78, 5) is 2.66. The van der Waals surface area contributed by atoms with Crippen LogP contribution in [-0.4, -0.2) is 12.4 Å². The minimum atomic E-state index is -0.196. The van der Waals surface area contributed by atoms with Gasteiger partial charge in [0.2, 0.25) is 0 Å². The third-order valence-corrected chi connectivity index (χ3v) is 18.1. The van der Waals surface area contributed by atoms with E-state index in [0.717, 1.165) is 89.5 Å². The quantitative estimate of drug-likeness (QED) is 0.169. The average Bonchev–Trinajstić information content (AvgIpc) is 3.79. The first kappa shape index (κ1) is 46.8. The SMILES string of the molecule is Cc1cc2c(cc1N1c3cc4oc5ccccc5c4c(-c4ccc(O)cc4Nc4ccc5c(c4)C(C)(C)CCC5(C)C)c3Bc3ccc4c(c31)-c1ccc(CC(C)(C)C)cc1C4(C)C)C(C)(C)CCC2(C)C. The van der Waals surface area contributed by atoms with Gasteiger partial charge in [0.05, 0.1) is 5.69 Å². The van der Waals surface area contributed by atoms with Gasteiger partial charge >= 0.3 is 0 Å². The lowest BCUT2D eigenvalue weighted by Gasteiger charge is -2.44. The molecule has 7 aromatic carbocycles. The Morgan fingerprint density at radius 3 is 1.94 bits per heavy atom. The van der Waals surface area contributed by atoms with E-state index in [0.29, 0.717) is 0 Å². The molecule has 0 atom stereocenters. The maximum atomic E-state index is 11.4. The second-order valence-corrected chi connectivity index (χ2v) is 26.8. The van der Waals surface area contributed by atoms with Crippen molar-refractivity contribution in [3.8, 4) is 28.0 Å². The summed E-state index contributed by atoms with van der Waals surface area (Å²) in [6, 6.07) is 41.1. The van der Waals surface area contributed by atoms with Crippen molar-refractivity contribution >= 4 is 68.6 Å². The van der Waals surface area contributed by atoms with Crippen molar-refractivity contribution in [2.24, 2.45) is 5.41 Å². The van der Waals surface area contributed by atoms with Crippen molar-refractivity contribution in [2.75, 3.05) is 10.2 Å². The summed E-state index contributed by atoms with van der Waals surface area (Å²) in [5.41, 5.74) is 26.0. The van der Waals surface area contributed by atoms with Gasteiger partial charge in [-0.15, -0.1) is 0 Å². The lowest BCUT2D eigenvalue weighted by molar-refractivity contribution is 0.332. The average molecular weight is 949 g/mol. The van der Waals surface area contributed by atoms with Crippen LogP contribution in [0.2, 0.25) is 0 Å². The van der Waals surface area contributed by atoms with Crippen LogP contribution in [0.4, 0.5) is 28.4 Å². The molecule has 0 spiro atoms. The first-order chi connectivity index (χ1) is 33.8. The van der Waals surface area contributed by atoms with Gasteiger partial charge in [-0.3, -0.25) is 0 Å². The highest BCUT2D eigenvalue weighted by Gasteiger charge is 2.44. The van der Waals surface area contributed by atoms with Gasteiger partial charge in [-0.25, -0.2) is 0 Å². The summed E-state index contributed by atoms with van der Waals surface area (Å²) in [7, 11) is 0.724. The zero-order valence-corrected chi connectivity index (χ0v) is 45.4. The van der Waals surface area contributed by atoms with Gasteiger partial charge < -0.3 is 19.7 Å². The second-order valence-electron chi connectivity index (χ2n) is 26.8. The second kappa shape index (κ2) is 15.4. The molecule has 0 radical (unpaired) electrons. The Kier molecular flexibility index (Phi) is 10.0. The Morgan fingerprint density at radius 1 is 0.597 bits per heavy atom. The molecule has 2 heterocycles. The van der Waals surface area contributed by atoms with E-state index in [1.54, 1.807) is 0 Å². The van der Waals surface area contributed by atoms with Crippen LogP contribution in [0.3, 0.4) is 0 Å². The first-order valence-corrected chi connectivity index (χ1v) is 26.8. The van der Waals surface area contributed by atoms with E-state index in [2.05, 4.69) is 204 Å². The molecule has 4 nitrogen and oxygen atoms in total. The van der Waals surface area contributed by atoms with E-state index in [9.17, 15) is 5.11 Å². The fourth-order valence-corrected chi connectivity index (χ4v) is 13.8. The predicted molar refractivity (Wildman–Crippen MR) is 308 cm³/mol. The van der Waals surface area contributed by atoms with E-state index in [4.69, 9.17) is 4.42 Å². The Bertz CT molecular complexity index is 3610. The number of aromatic hydroxyl groups is 1. The topological polar surface area (TPSA) is 48.6 Å². The zero-order valence-electron chi connectivity index (χ0n) is 45.4. The van der Waals surface area contributed by atoms with Crippen LogP contribution in [0.5, 0.6) is 5.75 Å². The van der Waals surface area contributed by atoms with Gasteiger partial charge in [0.25, 0.3) is 0 Å². The number of hydrogen-bond acceptors (Lipinski definition) is 4. The van der Waals surface area contributed by atoms with Crippen molar-refractivity contribution in [3.63, 3.8) is 0 Å². The Hall–Kier alpha value is -6.20. The van der Waals surface area contributed by atoms with E-state index < -0.39 is 0 Å². The number of fused-ring (bicyclic) bond motifs is 11. The molecule has 72 heavy (non-hydrogen) atoms. The van der Waals surface area contributed by atoms with Crippen molar-refractivity contribution in [1.82, 2.24) is 0 Å². The van der Waals surface area contributed by atoms with Crippen LogP contribution in [0.25, 0.3) is 44.2 Å². The maximum absolute atomic E-state index is 11.4. The monoisotopic (exact) mass is 949 g/mol. The molecule has 8 aromatic rings. The number of nitrogens with one attached hydrogen (secondary N) is 1. The van der Waals surface area contributed by atoms with Crippen LogP contribution in [-0.2, 0) is 33.5 Å². The molecule has 1 aliphatic heterocycles. The van der Waals surface area contributed by atoms with Crippen molar-refractivity contribution in [2.45, 2.75) is 156 Å². The van der Waals surface area contributed by atoms with Crippen LogP contribution in [0, 0.1) is 12.3 Å². The third-order valence-electron chi connectivity index (χ3n) is 18.1. The smallest absolute Gasteiger partial charge is 0.198 e. The van der Waals surface area contributed by atoms with Gasteiger partial charge in [0.15, 0.2) is 7.28 Å². The van der Waals surface area contributed by atoms with E-state index >= 15 is 0 Å². The summed E-state index contributed by atoms with van der Waals surface area (Å²) < 4.78 is 7.06. The summed E-state index contributed by atoms with van der Waals surface area (Å²) in [5, 5.41) is 17.5. The zero-order chi connectivity index (χ0) is 50.8. The first-order valence-electron chi connectivity index (χ1n) is 26.8. The number of nitrogens with zero attached hydrogens (tertiary/aromatic N) is 1. The van der Waals surface area contributed by atoms with Gasteiger partial charge in [-0.2, -0.15) is 0 Å². The molecule has 2 N–H and O–H groups in total. The number of aryl methyl sites for hydroxylation is 1. The van der Waals surface area contributed by atoms with Crippen LogP contribution < -0.4 is 21.1 Å². The predicted octanol–water partition coefficient (Wildman–Crippen LogP) is 16.8. The fourth-order valence-electron chi connectivity index (χ4n) is 13.8. The minimum Gasteiger partial charge on any atom is -0.508 e. The summed E-state index contributed by atoms with van der Waals surface area (Å²) >= 11 is 0. The Morgan fingerprint density at radius 2 is 1.24 bits per heavy atom. The fraction of sp³-hybridized carbons (Fsp3) is 0.373. The molecule has 0 amide bonds. The molecule has 4 aliphatic rings. The van der Waals surface area contributed by atoms with Gasteiger partial charge in [0, 0.05) is 62.2 Å². The lowest BCUT2D eigenvalue weighted by atomic mass is 9.57. The van der Waals surface area contributed by atoms with Gasteiger partial charge in [0.1, 0.15) is 16.9 Å². The molecule has 0 fully saturated rings. The van der Waals surface area contributed by atoms with Crippen molar-refractivity contribution in [1.29, 1.82) is 0 Å². The molecule has 366 valence electrons. The molecule has 0 saturated carbocycles. The standard InChI is InChI=1S/C67H73BN2O2/c1-38-31-48-50(66(11,12)30-29-64(48,7)8)35-53(38)70-54-36-56-58(44-17-15-16-18-55(44)72-56)59(43-23-21-41(71)34-52(43)69-40-20-24-45-49(33-40)65(9,10)28-27-63(45,5)6)60(54)68-51-26-25-46-57(61(51)70)42-22-19-39(37-62(2,3)4)32-47(42)67(46,13)14/h15-26,31-36,68-69,71H,27-30,37H2,1-14H3. The molecule has 5 heteroatoms. The Balaban J connectivity index is 1.15. The number of furan rings is 1. The summed E-state index contributed by atoms with van der Waals surface area (Å²) in [6.45, 7) is 33.5. The number of para-hydroxylation sites is 1. The number of hydrogen-bond donors (Lipinski definition) is 2. The van der Waals surface area contributed by atoms with Crippen molar-refractivity contribution in [3.05, 3.63) is 154 Å². The van der Waals surface area contributed by atoms with Crippen LogP contribution >= 0.6 is 0 Å². The number of anilines is 5. The number of rotatable bonds is 5. The molecule has 12 rings (SSSR count). The normalized spacial score (nSPS) is 18.4. The number of phenols is 1. The van der Waals surface area contributed by atoms with E-state index in [1.165, 1.54) is 77.9 Å². The highest BCUT2D eigenvalue weighted by molar-refractivity contribution is 6.74. The molecular weight excluding hydrogens is 876 g/mol. The largest absolute Gasteiger partial charge is 0.508 e. The number of phenolic OH excluding ortho intramolecular Hbond substituents is 1. The molecule has 0 saturated heterocycles. The molecule has 0 unspecified atom stereocenters. The molecule has 3 aliphatic carbocycles. The summed E-state index contributed by atoms with van der Waals surface area (Å²) in [5.74, 6) is 0.225. The van der Waals surface area contributed by atoms with Crippen LogP contribution in [0.1, 0.15) is 160 Å². The number of benzene rings is 7. The highest BCUT2D eigenvalue weighted by atomic mass is 16.3. The minimum absolute atomic E-state index is 0.00749. The van der Waals surface area contributed by atoms with E-state index in [-0.39, 0.29) is 38.2 Å². The van der Waals surface area contributed by atoms with Crippen LogP contribution in [0.15, 0.2) is 114 Å². The third kappa shape index (κ3) is 7.14. The molecular formula is C67H73BN2O2. The highest BCUT2D eigenvalue weighted by Crippen LogP contribution is 2.57. The van der Waals surface area contributed by atoms with Gasteiger partial charge in [-0.1, -0.05) is 156 Å². The lowest BCUT2D eigenvalue weighted by Crippen LogP contribution is -2.42. The molecule has 1 aromatic heterocycles. The summed E-state index contributed by atoms with van der Waals surface area (Å²) in [6.07, 6.45) is 5.62. The maximum Gasteiger partial charge on any atom is 0.198 e. The molecule has 0 bridgehead atoms. The van der Waals surface area contributed by atoms with Crippen molar-refractivity contribution < 1.29 is 9.52 Å². The van der Waals surface area contributed by atoms with E-state index in [1.807, 2.05) is 12.1 Å². The Labute approximate surface area is 429 Å². The van der Waals surface area contributed by atoms with Gasteiger partial charge in [-0.05, 0) is 164 Å².